The van der Waals surface area contributed by atoms with Crippen molar-refractivity contribution in [3.8, 4) is 0 Å². The summed E-state index contributed by atoms with van der Waals surface area (Å²) >= 11 is 6.56. The van der Waals surface area contributed by atoms with Crippen LogP contribution in [0.5, 0.6) is 0 Å². The molecule has 6 heteroatoms. The highest BCUT2D eigenvalue weighted by Gasteiger charge is 2.33. The van der Waals surface area contributed by atoms with E-state index in [1.807, 2.05) is 0 Å². The van der Waals surface area contributed by atoms with Crippen molar-refractivity contribution in [1.29, 1.82) is 0 Å². The van der Waals surface area contributed by atoms with E-state index >= 15 is 0 Å². The summed E-state index contributed by atoms with van der Waals surface area (Å²) in [5.74, 6) is -1.47. The second-order valence-electron chi connectivity index (χ2n) is 5.23. The fourth-order valence-electron chi connectivity index (χ4n) is 1.53. The molecule has 1 aromatic rings. The first-order valence-corrected chi connectivity index (χ1v) is 7.20. The maximum absolute atomic E-state index is 12.2. The summed E-state index contributed by atoms with van der Waals surface area (Å²) in [6.45, 7) is 5.30. The van der Waals surface area contributed by atoms with Gasteiger partial charge in [0.25, 0.3) is 5.91 Å². The maximum atomic E-state index is 12.2. The first-order chi connectivity index (χ1) is 8.62. The summed E-state index contributed by atoms with van der Waals surface area (Å²) in [7, 11) is 0. The third-order valence-corrected chi connectivity index (χ3v) is 3.75. The minimum Gasteiger partial charge on any atom is -0.480 e. The van der Waals surface area contributed by atoms with Gasteiger partial charge in [-0.1, -0.05) is 36.7 Å². The number of halogens is 2. The Morgan fingerprint density at radius 2 is 1.84 bits per heavy atom. The standard InChI is InChI=1S/C13H15Br2NO3/c1-13(2,3)10(12(18)19)16-11(17)8-6-7(14)4-5-9(8)15/h4-6,10H,1-3H3,(H,16,17)(H,18,19)/t10-/m0/s1. The molecule has 0 aliphatic carbocycles. The average molecular weight is 393 g/mol. The van der Waals surface area contributed by atoms with Gasteiger partial charge < -0.3 is 10.4 Å². The number of rotatable bonds is 3. The number of nitrogens with one attached hydrogen (secondary N) is 1. The highest BCUT2D eigenvalue weighted by atomic mass is 79.9. The number of amides is 1. The molecule has 2 N–H and O–H groups in total. The zero-order chi connectivity index (χ0) is 14.8. The van der Waals surface area contributed by atoms with Crippen molar-refractivity contribution in [1.82, 2.24) is 5.32 Å². The van der Waals surface area contributed by atoms with Crippen LogP contribution in [0.4, 0.5) is 0 Å². The normalized spacial score (nSPS) is 12.9. The molecule has 4 nitrogen and oxygen atoms in total. The van der Waals surface area contributed by atoms with Gasteiger partial charge in [0, 0.05) is 8.95 Å². The summed E-state index contributed by atoms with van der Waals surface area (Å²) in [5, 5.41) is 11.7. The first-order valence-electron chi connectivity index (χ1n) is 5.61. The van der Waals surface area contributed by atoms with E-state index in [9.17, 15) is 14.7 Å². The monoisotopic (exact) mass is 391 g/mol. The smallest absolute Gasteiger partial charge is 0.326 e. The number of hydrogen-bond donors (Lipinski definition) is 2. The van der Waals surface area contributed by atoms with Gasteiger partial charge in [-0.05, 0) is 39.5 Å². The number of benzene rings is 1. The summed E-state index contributed by atoms with van der Waals surface area (Å²) in [5.41, 5.74) is -0.176. The lowest BCUT2D eigenvalue weighted by Gasteiger charge is -2.27. The summed E-state index contributed by atoms with van der Waals surface area (Å²) < 4.78 is 1.37. The van der Waals surface area contributed by atoms with Crippen molar-refractivity contribution < 1.29 is 14.7 Å². The lowest BCUT2D eigenvalue weighted by molar-refractivity contribution is -0.142. The molecule has 0 heterocycles. The van der Waals surface area contributed by atoms with Crippen molar-refractivity contribution in [2.45, 2.75) is 26.8 Å². The molecule has 19 heavy (non-hydrogen) atoms. The van der Waals surface area contributed by atoms with Gasteiger partial charge in [0.1, 0.15) is 6.04 Å². The molecular weight excluding hydrogens is 378 g/mol. The fraction of sp³-hybridized carbons (Fsp3) is 0.385. The minimum absolute atomic E-state index is 0.393. The molecule has 0 bridgehead atoms. The molecule has 0 radical (unpaired) electrons. The largest absolute Gasteiger partial charge is 0.480 e. The van der Waals surface area contributed by atoms with Gasteiger partial charge in [-0.15, -0.1) is 0 Å². The van der Waals surface area contributed by atoms with Crippen LogP contribution in [0.3, 0.4) is 0 Å². The Morgan fingerprint density at radius 3 is 2.32 bits per heavy atom. The number of aliphatic carboxylic acids is 1. The molecule has 0 unspecified atom stereocenters. The van der Waals surface area contributed by atoms with Gasteiger partial charge in [0.15, 0.2) is 0 Å². The van der Waals surface area contributed by atoms with Crippen LogP contribution in [-0.4, -0.2) is 23.0 Å². The second kappa shape index (κ2) is 6.05. The Balaban J connectivity index is 3.01. The Bertz CT molecular complexity index is 509. The Kier molecular flexibility index (Phi) is 5.15. The summed E-state index contributed by atoms with van der Waals surface area (Å²) in [6, 6.07) is 4.21. The summed E-state index contributed by atoms with van der Waals surface area (Å²) in [6.07, 6.45) is 0. The van der Waals surface area contributed by atoms with Crippen molar-refractivity contribution in [3.05, 3.63) is 32.7 Å². The zero-order valence-electron chi connectivity index (χ0n) is 10.8. The van der Waals surface area contributed by atoms with E-state index in [2.05, 4.69) is 37.2 Å². The average Bonchev–Trinajstić information content (AvgIpc) is 2.26. The summed E-state index contributed by atoms with van der Waals surface area (Å²) in [4.78, 5) is 23.4. The molecule has 1 amide bonds. The number of carbonyl (C=O) groups excluding carboxylic acids is 1. The molecule has 1 aromatic carbocycles. The molecule has 104 valence electrons. The van der Waals surface area contributed by atoms with E-state index in [1.165, 1.54) is 0 Å². The van der Waals surface area contributed by atoms with E-state index in [1.54, 1.807) is 39.0 Å². The number of carbonyl (C=O) groups is 2. The van der Waals surface area contributed by atoms with E-state index in [-0.39, 0.29) is 0 Å². The predicted molar refractivity (Wildman–Crippen MR) is 80.2 cm³/mol. The van der Waals surface area contributed by atoms with Crippen LogP contribution in [0.25, 0.3) is 0 Å². The molecule has 1 rings (SSSR count). The lowest BCUT2D eigenvalue weighted by atomic mass is 9.86. The van der Waals surface area contributed by atoms with E-state index in [0.717, 1.165) is 4.47 Å². The van der Waals surface area contributed by atoms with E-state index < -0.39 is 23.3 Å². The van der Waals surface area contributed by atoms with Crippen LogP contribution in [-0.2, 0) is 4.79 Å². The predicted octanol–water partition coefficient (Wildman–Crippen LogP) is 3.44. The van der Waals surface area contributed by atoms with Crippen LogP contribution in [0.1, 0.15) is 31.1 Å². The molecule has 0 saturated heterocycles. The van der Waals surface area contributed by atoms with Gasteiger partial charge in [-0.25, -0.2) is 4.79 Å². The third-order valence-electron chi connectivity index (χ3n) is 2.56. The molecular formula is C13H15Br2NO3. The molecule has 0 aromatic heterocycles. The van der Waals surface area contributed by atoms with E-state index in [4.69, 9.17) is 0 Å². The van der Waals surface area contributed by atoms with Crippen molar-refractivity contribution in [2.24, 2.45) is 5.41 Å². The number of carboxylic acids is 1. The van der Waals surface area contributed by atoms with Crippen molar-refractivity contribution in [3.63, 3.8) is 0 Å². The Labute approximate surface area is 128 Å². The molecule has 0 saturated carbocycles. The number of hydrogen-bond acceptors (Lipinski definition) is 2. The SMILES string of the molecule is CC(C)(C)[C@@H](NC(=O)c1cc(Br)ccc1Br)C(=O)O. The first kappa shape index (κ1) is 16.2. The van der Waals surface area contributed by atoms with Crippen LogP contribution in [0.15, 0.2) is 27.1 Å². The highest BCUT2D eigenvalue weighted by Crippen LogP contribution is 2.24. The minimum atomic E-state index is -1.05. The molecule has 0 aliphatic heterocycles. The third kappa shape index (κ3) is 4.31. The Morgan fingerprint density at radius 1 is 1.26 bits per heavy atom. The number of carboxylic acid groups (broad SMARTS) is 1. The van der Waals surface area contributed by atoms with Gasteiger partial charge in [-0.2, -0.15) is 0 Å². The zero-order valence-corrected chi connectivity index (χ0v) is 14.0. The molecule has 0 fully saturated rings. The van der Waals surface area contributed by atoms with Gasteiger partial charge in [-0.3, -0.25) is 4.79 Å². The van der Waals surface area contributed by atoms with Crippen molar-refractivity contribution in [2.75, 3.05) is 0 Å². The van der Waals surface area contributed by atoms with Gasteiger partial charge in [0.2, 0.25) is 0 Å². The van der Waals surface area contributed by atoms with Crippen LogP contribution < -0.4 is 5.32 Å². The molecule has 1 atom stereocenters. The van der Waals surface area contributed by atoms with Crippen LogP contribution in [0, 0.1) is 5.41 Å². The maximum Gasteiger partial charge on any atom is 0.326 e. The fourth-order valence-corrected chi connectivity index (χ4v) is 2.32. The Hall–Kier alpha value is -0.880. The van der Waals surface area contributed by atoms with Crippen molar-refractivity contribution >= 4 is 43.7 Å². The molecule has 0 spiro atoms. The van der Waals surface area contributed by atoms with E-state index in [0.29, 0.717) is 10.0 Å². The van der Waals surface area contributed by atoms with Crippen LogP contribution in [0.2, 0.25) is 0 Å². The quantitative estimate of drug-likeness (QED) is 0.827. The van der Waals surface area contributed by atoms with Crippen LogP contribution >= 0.6 is 31.9 Å². The highest BCUT2D eigenvalue weighted by molar-refractivity contribution is 9.11. The topological polar surface area (TPSA) is 66.4 Å². The van der Waals surface area contributed by atoms with Gasteiger partial charge in [0.05, 0.1) is 5.56 Å². The second-order valence-corrected chi connectivity index (χ2v) is 7.00. The lowest BCUT2D eigenvalue weighted by Crippen LogP contribution is -2.49. The van der Waals surface area contributed by atoms with Gasteiger partial charge >= 0.3 is 5.97 Å². The molecule has 0 aliphatic rings.